The van der Waals surface area contributed by atoms with Crippen molar-refractivity contribution in [2.24, 2.45) is 5.41 Å². The van der Waals surface area contributed by atoms with Crippen LogP contribution in [0.15, 0.2) is 24.3 Å². The number of anilines is 1. The molecule has 1 aromatic carbocycles. The lowest BCUT2D eigenvalue weighted by atomic mass is 9.73. The van der Waals surface area contributed by atoms with Crippen LogP contribution in [0.3, 0.4) is 0 Å². The Morgan fingerprint density at radius 1 is 1.30 bits per heavy atom. The molecule has 0 spiro atoms. The van der Waals surface area contributed by atoms with E-state index in [0.29, 0.717) is 11.5 Å². The van der Waals surface area contributed by atoms with Crippen molar-refractivity contribution in [1.82, 2.24) is 5.32 Å². The fraction of sp³-hybridized carbons (Fsp3) is 0.588. The summed E-state index contributed by atoms with van der Waals surface area (Å²) in [5.74, 6) is -0.0181. The van der Waals surface area contributed by atoms with Crippen molar-refractivity contribution in [3.8, 4) is 0 Å². The highest BCUT2D eigenvalue weighted by atomic mass is 16.1. The number of hydrogen-bond acceptors (Lipinski definition) is 2. The molecule has 0 bridgehead atoms. The van der Waals surface area contributed by atoms with Gasteiger partial charge in [-0.3, -0.25) is 4.79 Å². The second kappa shape index (κ2) is 6.40. The van der Waals surface area contributed by atoms with Gasteiger partial charge in [0.15, 0.2) is 0 Å². The van der Waals surface area contributed by atoms with Crippen LogP contribution in [0.5, 0.6) is 0 Å². The van der Waals surface area contributed by atoms with Crippen LogP contribution in [0, 0.1) is 5.41 Å². The fourth-order valence-corrected chi connectivity index (χ4v) is 3.09. The van der Waals surface area contributed by atoms with Gasteiger partial charge in [0.1, 0.15) is 0 Å². The Hall–Kier alpha value is -1.35. The smallest absolute Gasteiger partial charge is 0.221 e. The number of rotatable bonds is 4. The van der Waals surface area contributed by atoms with Gasteiger partial charge in [0.05, 0.1) is 0 Å². The van der Waals surface area contributed by atoms with Gasteiger partial charge in [-0.1, -0.05) is 44.9 Å². The molecule has 3 heteroatoms. The highest BCUT2D eigenvalue weighted by Gasteiger charge is 2.31. The summed E-state index contributed by atoms with van der Waals surface area (Å²) < 4.78 is 0. The number of nitrogens with one attached hydrogen (secondary N) is 2. The summed E-state index contributed by atoms with van der Waals surface area (Å²) in [6, 6.07) is 8.58. The van der Waals surface area contributed by atoms with E-state index >= 15 is 0 Å². The van der Waals surface area contributed by atoms with E-state index in [1.165, 1.54) is 25.7 Å². The summed E-state index contributed by atoms with van der Waals surface area (Å²) in [5.41, 5.74) is 2.44. The third-order valence-electron chi connectivity index (χ3n) is 4.37. The Bertz CT molecular complexity index is 468. The molecule has 2 N–H and O–H groups in total. The molecule has 20 heavy (non-hydrogen) atoms. The van der Waals surface area contributed by atoms with Gasteiger partial charge in [0.25, 0.3) is 0 Å². The Morgan fingerprint density at radius 2 is 2.05 bits per heavy atom. The molecule has 1 atom stereocenters. The molecule has 0 aliphatic heterocycles. The Balaban J connectivity index is 2.01. The maximum Gasteiger partial charge on any atom is 0.221 e. The maximum atomic E-state index is 11.2. The topological polar surface area (TPSA) is 41.1 Å². The predicted molar refractivity (Wildman–Crippen MR) is 83.6 cm³/mol. The molecule has 1 amide bonds. The van der Waals surface area contributed by atoms with Crippen LogP contribution in [0.25, 0.3) is 0 Å². The SMILES string of the molecule is CC(=O)Nc1ccccc1CNC1CCCCC1(C)C. The van der Waals surface area contributed by atoms with Crippen molar-refractivity contribution >= 4 is 11.6 Å². The maximum absolute atomic E-state index is 11.2. The van der Waals surface area contributed by atoms with Gasteiger partial charge in [-0.15, -0.1) is 0 Å². The summed E-state index contributed by atoms with van der Waals surface area (Å²) in [4.78, 5) is 11.2. The lowest BCUT2D eigenvalue weighted by molar-refractivity contribution is -0.114. The Morgan fingerprint density at radius 3 is 2.75 bits per heavy atom. The van der Waals surface area contributed by atoms with Gasteiger partial charge >= 0.3 is 0 Å². The van der Waals surface area contributed by atoms with Gasteiger partial charge in [-0.2, -0.15) is 0 Å². The Kier molecular flexibility index (Phi) is 4.81. The molecule has 1 fully saturated rings. The van der Waals surface area contributed by atoms with E-state index in [9.17, 15) is 4.79 Å². The van der Waals surface area contributed by atoms with Gasteiger partial charge < -0.3 is 10.6 Å². The molecule has 1 aliphatic carbocycles. The normalized spacial score (nSPS) is 21.4. The zero-order chi connectivity index (χ0) is 14.6. The first-order chi connectivity index (χ1) is 9.49. The number of amides is 1. The van der Waals surface area contributed by atoms with Crippen LogP contribution >= 0.6 is 0 Å². The van der Waals surface area contributed by atoms with E-state index < -0.39 is 0 Å². The third-order valence-corrected chi connectivity index (χ3v) is 4.37. The number of hydrogen-bond donors (Lipinski definition) is 2. The minimum Gasteiger partial charge on any atom is -0.326 e. The van der Waals surface area contributed by atoms with E-state index in [-0.39, 0.29) is 5.91 Å². The molecular formula is C17H26N2O. The minimum atomic E-state index is -0.0181. The van der Waals surface area contributed by atoms with Gasteiger partial charge in [-0.05, 0) is 29.9 Å². The van der Waals surface area contributed by atoms with E-state index in [1.54, 1.807) is 6.92 Å². The summed E-state index contributed by atoms with van der Waals surface area (Å²) in [6.07, 6.45) is 5.19. The molecule has 1 saturated carbocycles. The number of benzene rings is 1. The number of carbonyl (C=O) groups excluding carboxylic acids is 1. The largest absolute Gasteiger partial charge is 0.326 e. The molecule has 0 aromatic heterocycles. The summed E-state index contributed by atoms with van der Waals surface area (Å²) in [7, 11) is 0. The first-order valence-corrected chi connectivity index (χ1v) is 7.58. The monoisotopic (exact) mass is 274 g/mol. The zero-order valence-electron chi connectivity index (χ0n) is 12.8. The van der Waals surface area contributed by atoms with Crippen molar-refractivity contribution in [2.45, 2.75) is 59.0 Å². The molecule has 2 rings (SSSR count). The van der Waals surface area contributed by atoms with Gasteiger partial charge in [0.2, 0.25) is 5.91 Å². The highest BCUT2D eigenvalue weighted by molar-refractivity contribution is 5.89. The van der Waals surface area contributed by atoms with Crippen molar-refractivity contribution in [3.05, 3.63) is 29.8 Å². The van der Waals surface area contributed by atoms with Crippen molar-refractivity contribution in [1.29, 1.82) is 0 Å². The minimum absolute atomic E-state index is 0.0181. The fourth-order valence-electron chi connectivity index (χ4n) is 3.09. The lowest BCUT2D eigenvalue weighted by Gasteiger charge is -2.39. The quantitative estimate of drug-likeness (QED) is 0.879. The van der Waals surface area contributed by atoms with Gasteiger partial charge in [-0.25, -0.2) is 0 Å². The molecule has 0 heterocycles. The second-order valence-electron chi connectivity index (χ2n) is 6.51. The first kappa shape index (κ1) is 15.0. The molecular weight excluding hydrogens is 248 g/mol. The van der Waals surface area contributed by atoms with Crippen molar-refractivity contribution in [2.75, 3.05) is 5.32 Å². The third kappa shape index (κ3) is 3.83. The average molecular weight is 274 g/mol. The summed E-state index contributed by atoms with van der Waals surface area (Å²) in [5, 5.41) is 6.59. The second-order valence-corrected chi connectivity index (χ2v) is 6.51. The molecule has 1 aromatic rings. The average Bonchev–Trinajstić information content (AvgIpc) is 2.38. The van der Waals surface area contributed by atoms with Crippen LogP contribution in [-0.2, 0) is 11.3 Å². The molecule has 110 valence electrons. The van der Waals surface area contributed by atoms with Gasteiger partial charge in [0, 0.05) is 25.2 Å². The van der Waals surface area contributed by atoms with E-state index in [0.717, 1.165) is 17.8 Å². The first-order valence-electron chi connectivity index (χ1n) is 7.58. The van der Waals surface area contributed by atoms with Crippen molar-refractivity contribution in [3.63, 3.8) is 0 Å². The molecule has 1 unspecified atom stereocenters. The number of carbonyl (C=O) groups is 1. The molecule has 0 saturated heterocycles. The van der Waals surface area contributed by atoms with E-state index in [2.05, 4.69) is 30.5 Å². The van der Waals surface area contributed by atoms with E-state index in [4.69, 9.17) is 0 Å². The highest BCUT2D eigenvalue weighted by Crippen LogP contribution is 2.35. The van der Waals surface area contributed by atoms with Crippen LogP contribution in [0.1, 0.15) is 52.0 Å². The Labute approximate surface area is 122 Å². The molecule has 0 radical (unpaired) electrons. The van der Waals surface area contributed by atoms with Crippen molar-refractivity contribution < 1.29 is 4.79 Å². The van der Waals surface area contributed by atoms with Crippen LogP contribution in [0.4, 0.5) is 5.69 Å². The predicted octanol–water partition coefficient (Wildman–Crippen LogP) is 3.70. The molecule has 3 nitrogen and oxygen atoms in total. The summed E-state index contributed by atoms with van der Waals surface area (Å²) in [6.45, 7) is 7.06. The van der Waals surface area contributed by atoms with Crippen LogP contribution < -0.4 is 10.6 Å². The standard InChI is InChI=1S/C17H26N2O/c1-13(20)19-15-9-5-4-8-14(15)12-18-16-10-6-7-11-17(16,2)3/h4-5,8-9,16,18H,6-7,10-12H2,1-3H3,(H,19,20). The van der Waals surface area contributed by atoms with E-state index in [1.807, 2.05) is 18.2 Å². The van der Waals surface area contributed by atoms with Crippen LogP contribution in [-0.4, -0.2) is 11.9 Å². The molecule has 1 aliphatic rings. The zero-order valence-corrected chi connectivity index (χ0v) is 12.8. The number of para-hydroxylation sites is 1. The van der Waals surface area contributed by atoms with Crippen LogP contribution in [0.2, 0.25) is 0 Å². The lowest BCUT2D eigenvalue weighted by Crippen LogP contribution is -2.43. The summed E-state index contributed by atoms with van der Waals surface area (Å²) >= 11 is 0.